The zero-order valence-corrected chi connectivity index (χ0v) is 13.8. The number of hydrogen-bond donors (Lipinski definition) is 2. The molecule has 25 heavy (non-hydrogen) atoms. The Hall–Kier alpha value is -2.89. The molecule has 0 spiro atoms. The second-order valence-electron chi connectivity index (χ2n) is 5.91. The highest BCUT2D eigenvalue weighted by molar-refractivity contribution is 6.07. The van der Waals surface area contributed by atoms with Gasteiger partial charge < -0.3 is 15.4 Å². The number of amides is 2. The first-order valence-electron chi connectivity index (χ1n) is 8.07. The van der Waals surface area contributed by atoms with Crippen molar-refractivity contribution in [3.63, 3.8) is 0 Å². The summed E-state index contributed by atoms with van der Waals surface area (Å²) in [6.07, 6.45) is 0.619. The van der Waals surface area contributed by atoms with Gasteiger partial charge in [0.05, 0.1) is 12.8 Å². The van der Waals surface area contributed by atoms with Crippen molar-refractivity contribution in [2.24, 2.45) is 5.92 Å². The van der Waals surface area contributed by atoms with Gasteiger partial charge in [-0.1, -0.05) is 24.3 Å². The zero-order chi connectivity index (χ0) is 17.8. The van der Waals surface area contributed by atoms with E-state index in [1.54, 1.807) is 19.2 Å². The van der Waals surface area contributed by atoms with Crippen LogP contribution in [0, 0.1) is 11.7 Å². The van der Waals surface area contributed by atoms with Crippen LogP contribution in [0.2, 0.25) is 0 Å². The maximum Gasteiger partial charge on any atom is 0.237 e. The Morgan fingerprint density at radius 3 is 2.80 bits per heavy atom. The molecule has 6 heteroatoms. The molecule has 0 bridgehead atoms. The van der Waals surface area contributed by atoms with Gasteiger partial charge >= 0.3 is 0 Å². The van der Waals surface area contributed by atoms with Crippen LogP contribution in [0.1, 0.15) is 17.9 Å². The van der Waals surface area contributed by atoms with Crippen LogP contribution in [0.4, 0.5) is 10.1 Å². The lowest BCUT2D eigenvalue weighted by Gasteiger charge is -2.30. The lowest BCUT2D eigenvalue weighted by molar-refractivity contribution is -0.135. The SMILES string of the molecule is COc1cccc(C2CCNC(=O)C2C(=O)Nc2ccccc2F)c1. The van der Waals surface area contributed by atoms with Crippen LogP contribution in [-0.4, -0.2) is 25.5 Å². The molecule has 2 aromatic rings. The molecule has 1 heterocycles. The van der Waals surface area contributed by atoms with E-state index in [4.69, 9.17) is 4.74 Å². The topological polar surface area (TPSA) is 67.4 Å². The van der Waals surface area contributed by atoms with Gasteiger partial charge in [-0.25, -0.2) is 4.39 Å². The molecular weight excluding hydrogens is 323 g/mol. The molecule has 0 radical (unpaired) electrons. The number of para-hydroxylation sites is 1. The van der Waals surface area contributed by atoms with E-state index in [0.717, 1.165) is 5.56 Å². The van der Waals surface area contributed by atoms with Gasteiger partial charge in [0, 0.05) is 12.5 Å². The number of carbonyl (C=O) groups is 2. The van der Waals surface area contributed by atoms with E-state index in [9.17, 15) is 14.0 Å². The zero-order valence-electron chi connectivity index (χ0n) is 13.8. The number of piperidine rings is 1. The molecule has 2 N–H and O–H groups in total. The number of methoxy groups -OCH3 is 1. The molecule has 1 aliphatic rings. The number of nitrogens with one attached hydrogen (secondary N) is 2. The minimum absolute atomic E-state index is 0.0651. The average molecular weight is 342 g/mol. The first-order valence-corrected chi connectivity index (χ1v) is 8.07. The predicted molar refractivity (Wildman–Crippen MR) is 91.9 cm³/mol. The summed E-state index contributed by atoms with van der Waals surface area (Å²) in [6, 6.07) is 13.2. The van der Waals surface area contributed by atoms with E-state index in [0.29, 0.717) is 18.7 Å². The molecule has 0 aromatic heterocycles. The van der Waals surface area contributed by atoms with E-state index in [2.05, 4.69) is 10.6 Å². The van der Waals surface area contributed by atoms with Crippen LogP contribution in [-0.2, 0) is 9.59 Å². The third-order valence-electron chi connectivity index (χ3n) is 4.38. The first kappa shape index (κ1) is 17.0. The van der Waals surface area contributed by atoms with Crippen LogP contribution >= 0.6 is 0 Å². The minimum Gasteiger partial charge on any atom is -0.497 e. The number of hydrogen-bond acceptors (Lipinski definition) is 3. The van der Waals surface area contributed by atoms with E-state index in [1.165, 1.54) is 18.2 Å². The Labute approximate surface area is 145 Å². The number of halogens is 1. The maximum absolute atomic E-state index is 13.8. The molecule has 3 rings (SSSR count). The molecule has 2 amide bonds. The van der Waals surface area contributed by atoms with Gasteiger partial charge in [-0.3, -0.25) is 9.59 Å². The molecule has 5 nitrogen and oxygen atoms in total. The fraction of sp³-hybridized carbons (Fsp3) is 0.263. The minimum atomic E-state index is -0.930. The Bertz CT molecular complexity index is 794. The number of ether oxygens (including phenoxy) is 1. The Kier molecular flexibility index (Phi) is 4.97. The lowest BCUT2D eigenvalue weighted by Crippen LogP contribution is -2.46. The predicted octanol–water partition coefficient (Wildman–Crippen LogP) is 2.69. The smallest absolute Gasteiger partial charge is 0.237 e. The summed E-state index contributed by atoms with van der Waals surface area (Å²) in [5.74, 6) is -1.97. The fourth-order valence-electron chi connectivity index (χ4n) is 3.12. The highest BCUT2D eigenvalue weighted by Crippen LogP contribution is 2.33. The molecule has 2 atom stereocenters. The fourth-order valence-corrected chi connectivity index (χ4v) is 3.12. The van der Waals surface area contributed by atoms with E-state index in [-0.39, 0.29) is 17.5 Å². The molecule has 2 unspecified atom stereocenters. The van der Waals surface area contributed by atoms with Crippen molar-refractivity contribution in [3.8, 4) is 5.75 Å². The summed E-state index contributed by atoms with van der Waals surface area (Å²) >= 11 is 0. The van der Waals surface area contributed by atoms with Gasteiger partial charge in [0.15, 0.2) is 0 Å². The van der Waals surface area contributed by atoms with Gasteiger partial charge in [-0.2, -0.15) is 0 Å². The van der Waals surface area contributed by atoms with Crippen molar-refractivity contribution >= 4 is 17.5 Å². The molecule has 0 saturated carbocycles. The monoisotopic (exact) mass is 342 g/mol. The van der Waals surface area contributed by atoms with Gasteiger partial charge in [0.2, 0.25) is 11.8 Å². The highest BCUT2D eigenvalue weighted by Gasteiger charge is 2.38. The van der Waals surface area contributed by atoms with Crippen molar-refractivity contribution < 1.29 is 18.7 Å². The summed E-state index contributed by atoms with van der Waals surface area (Å²) in [7, 11) is 1.56. The second kappa shape index (κ2) is 7.34. The third-order valence-corrected chi connectivity index (χ3v) is 4.38. The Morgan fingerprint density at radius 2 is 2.04 bits per heavy atom. The molecule has 1 fully saturated rings. The Morgan fingerprint density at radius 1 is 1.24 bits per heavy atom. The normalized spacial score (nSPS) is 19.8. The summed E-state index contributed by atoms with van der Waals surface area (Å²) in [4.78, 5) is 25.1. The average Bonchev–Trinajstić information content (AvgIpc) is 2.63. The molecular formula is C19H19FN2O3. The summed E-state index contributed by atoms with van der Waals surface area (Å²) in [5.41, 5.74) is 0.915. The Balaban J connectivity index is 1.88. The maximum atomic E-state index is 13.8. The lowest BCUT2D eigenvalue weighted by atomic mass is 9.80. The molecule has 0 aliphatic carbocycles. The number of rotatable bonds is 4. The highest BCUT2D eigenvalue weighted by atomic mass is 19.1. The van der Waals surface area contributed by atoms with Crippen LogP contribution in [0.3, 0.4) is 0 Å². The largest absolute Gasteiger partial charge is 0.497 e. The van der Waals surface area contributed by atoms with Crippen LogP contribution in [0.25, 0.3) is 0 Å². The summed E-state index contributed by atoms with van der Waals surface area (Å²) < 4.78 is 19.0. The van der Waals surface area contributed by atoms with Gasteiger partial charge in [-0.15, -0.1) is 0 Å². The van der Waals surface area contributed by atoms with Gasteiger partial charge in [-0.05, 0) is 36.2 Å². The molecule has 1 aliphatic heterocycles. The second-order valence-corrected chi connectivity index (χ2v) is 5.91. The number of benzene rings is 2. The summed E-state index contributed by atoms with van der Waals surface area (Å²) in [5, 5.41) is 5.25. The van der Waals surface area contributed by atoms with Gasteiger partial charge in [0.25, 0.3) is 0 Å². The van der Waals surface area contributed by atoms with Crippen LogP contribution < -0.4 is 15.4 Å². The van der Waals surface area contributed by atoms with E-state index >= 15 is 0 Å². The van der Waals surface area contributed by atoms with Gasteiger partial charge in [0.1, 0.15) is 17.5 Å². The number of carbonyl (C=O) groups excluding carboxylic acids is 2. The van der Waals surface area contributed by atoms with E-state index in [1.807, 2.05) is 18.2 Å². The molecule has 2 aromatic carbocycles. The number of anilines is 1. The van der Waals surface area contributed by atoms with Crippen molar-refractivity contribution in [1.82, 2.24) is 5.32 Å². The van der Waals surface area contributed by atoms with Crippen molar-refractivity contribution in [2.75, 3.05) is 19.0 Å². The summed E-state index contributed by atoms with van der Waals surface area (Å²) in [6.45, 7) is 0.490. The molecule has 130 valence electrons. The van der Waals surface area contributed by atoms with Crippen molar-refractivity contribution in [1.29, 1.82) is 0 Å². The van der Waals surface area contributed by atoms with Crippen LogP contribution in [0.5, 0.6) is 5.75 Å². The third kappa shape index (κ3) is 3.63. The molecule has 1 saturated heterocycles. The first-order chi connectivity index (χ1) is 12.1. The quantitative estimate of drug-likeness (QED) is 0.840. The standard InChI is InChI=1S/C19H19FN2O3/c1-25-13-6-4-5-12(11-13)14-9-10-21-18(23)17(14)19(24)22-16-8-3-2-7-15(16)20/h2-8,11,14,17H,9-10H2,1H3,(H,21,23)(H,22,24). The van der Waals surface area contributed by atoms with Crippen molar-refractivity contribution in [3.05, 3.63) is 59.9 Å². The van der Waals surface area contributed by atoms with Crippen molar-refractivity contribution in [2.45, 2.75) is 12.3 Å². The van der Waals surface area contributed by atoms with E-state index < -0.39 is 17.6 Å². The van der Waals surface area contributed by atoms with Crippen LogP contribution in [0.15, 0.2) is 48.5 Å².